The molecular weight excluding hydrogens is 128 g/mol. The van der Waals surface area contributed by atoms with Crippen molar-refractivity contribution in [2.75, 3.05) is 7.11 Å². The monoisotopic (exact) mass is 143 g/mol. The molecule has 10 heavy (non-hydrogen) atoms. The molecule has 1 radical (unpaired) electrons. The van der Waals surface area contributed by atoms with Gasteiger partial charge in [-0.2, -0.15) is 0 Å². The Morgan fingerprint density at radius 3 is 2.70 bits per heavy atom. The molecule has 59 valence electrons. The first-order chi connectivity index (χ1) is 4.81. The van der Waals surface area contributed by atoms with E-state index in [-0.39, 0.29) is 5.97 Å². The Hall–Kier alpha value is -0.530. The average molecular weight is 143 g/mol. The summed E-state index contributed by atoms with van der Waals surface area (Å²) < 4.78 is 4.44. The van der Waals surface area contributed by atoms with Gasteiger partial charge in [0.15, 0.2) is 0 Å². The minimum atomic E-state index is -0.212. The minimum Gasteiger partial charge on any atom is -0.469 e. The normalized spacial score (nSPS) is 9.40. The summed E-state index contributed by atoms with van der Waals surface area (Å²) in [6.07, 6.45) is 5.91. The SMILES string of the molecule is CCCCC[CH]C(=O)OC. The molecular formula is C8H15O2. The van der Waals surface area contributed by atoms with Crippen molar-refractivity contribution in [2.24, 2.45) is 0 Å². The first-order valence-corrected chi connectivity index (χ1v) is 3.72. The van der Waals surface area contributed by atoms with Crippen molar-refractivity contribution in [1.82, 2.24) is 0 Å². The molecule has 0 atom stereocenters. The van der Waals surface area contributed by atoms with Crippen LogP contribution in [0.2, 0.25) is 0 Å². The lowest BCUT2D eigenvalue weighted by atomic mass is 10.2. The fourth-order valence-electron chi connectivity index (χ4n) is 0.698. The first-order valence-electron chi connectivity index (χ1n) is 3.72. The lowest BCUT2D eigenvalue weighted by molar-refractivity contribution is -0.136. The summed E-state index contributed by atoms with van der Waals surface area (Å²) in [7, 11) is 1.40. The largest absolute Gasteiger partial charge is 0.469 e. The van der Waals surface area contributed by atoms with Crippen LogP contribution in [0.25, 0.3) is 0 Å². The van der Waals surface area contributed by atoms with Crippen molar-refractivity contribution in [1.29, 1.82) is 0 Å². The minimum absolute atomic E-state index is 0.212. The highest BCUT2D eigenvalue weighted by Crippen LogP contribution is 2.01. The third kappa shape index (κ3) is 5.60. The van der Waals surface area contributed by atoms with E-state index in [1.807, 2.05) is 0 Å². The molecule has 0 saturated carbocycles. The molecule has 0 aliphatic heterocycles. The van der Waals surface area contributed by atoms with Crippen molar-refractivity contribution < 1.29 is 9.53 Å². The molecule has 0 unspecified atom stereocenters. The van der Waals surface area contributed by atoms with Gasteiger partial charge in [0, 0.05) is 0 Å². The van der Waals surface area contributed by atoms with E-state index in [1.54, 1.807) is 6.42 Å². The Morgan fingerprint density at radius 1 is 1.50 bits per heavy atom. The van der Waals surface area contributed by atoms with Crippen LogP contribution in [0.1, 0.15) is 32.6 Å². The second kappa shape index (κ2) is 6.59. The molecule has 0 saturated heterocycles. The number of carbonyl (C=O) groups excluding carboxylic acids is 1. The third-order valence-corrected chi connectivity index (χ3v) is 1.32. The van der Waals surface area contributed by atoms with Crippen LogP contribution in [0, 0.1) is 6.42 Å². The Labute approximate surface area is 62.6 Å². The van der Waals surface area contributed by atoms with Gasteiger partial charge in [-0.05, 0) is 6.42 Å². The summed E-state index contributed by atoms with van der Waals surface area (Å²) in [5.74, 6) is -0.212. The highest BCUT2D eigenvalue weighted by atomic mass is 16.5. The molecule has 0 amide bonds. The van der Waals surface area contributed by atoms with Gasteiger partial charge in [-0.3, -0.25) is 4.79 Å². The molecule has 0 N–H and O–H groups in total. The summed E-state index contributed by atoms with van der Waals surface area (Å²) >= 11 is 0. The van der Waals surface area contributed by atoms with Crippen molar-refractivity contribution in [3.05, 3.63) is 6.42 Å². The lowest BCUT2D eigenvalue weighted by Gasteiger charge is -1.96. The van der Waals surface area contributed by atoms with E-state index in [0.29, 0.717) is 0 Å². The van der Waals surface area contributed by atoms with Crippen LogP contribution in [0.4, 0.5) is 0 Å². The van der Waals surface area contributed by atoms with Crippen molar-refractivity contribution in [3.63, 3.8) is 0 Å². The number of carbonyl (C=O) groups is 1. The molecule has 0 aromatic heterocycles. The van der Waals surface area contributed by atoms with E-state index in [9.17, 15) is 4.79 Å². The molecule has 0 aromatic rings. The molecule has 2 heteroatoms. The highest BCUT2D eigenvalue weighted by Gasteiger charge is 1.98. The third-order valence-electron chi connectivity index (χ3n) is 1.32. The highest BCUT2D eigenvalue weighted by molar-refractivity contribution is 5.78. The second-order valence-corrected chi connectivity index (χ2v) is 2.22. The Morgan fingerprint density at radius 2 is 2.20 bits per heavy atom. The zero-order valence-corrected chi connectivity index (χ0v) is 6.72. The van der Waals surface area contributed by atoms with E-state index >= 15 is 0 Å². The van der Waals surface area contributed by atoms with Gasteiger partial charge < -0.3 is 4.74 Å². The smallest absolute Gasteiger partial charge is 0.309 e. The van der Waals surface area contributed by atoms with Crippen LogP contribution in [-0.2, 0) is 9.53 Å². The summed E-state index contributed by atoms with van der Waals surface area (Å²) in [5, 5.41) is 0. The molecule has 0 heterocycles. The van der Waals surface area contributed by atoms with Crippen LogP contribution in [0.15, 0.2) is 0 Å². The van der Waals surface area contributed by atoms with Gasteiger partial charge in [0.25, 0.3) is 0 Å². The molecule has 2 nitrogen and oxygen atoms in total. The van der Waals surface area contributed by atoms with E-state index in [4.69, 9.17) is 0 Å². The fraction of sp³-hybridized carbons (Fsp3) is 0.750. The maximum Gasteiger partial charge on any atom is 0.309 e. The molecule has 0 aliphatic carbocycles. The zero-order chi connectivity index (χ0) is 7.82. The number of ether oxygens (including phenoxy) is 1. The van der Waals surface area contributed by atoms with Gasteiger partial charge in [-0.25, -0.2) is 0 Å². The van der Waals surface area contributed by atoms with Crippen molar-refractivity contribution in [2.45, 2.75) is 32.6 Å². The molecule has 0 bridgehead atoms. The van der Waals surface area contributed by atoms with E-state index < -0.39 is 0 Å². The van der Waals surface area contributed by atoms with Gasteiger partial charge in [-0.15, -0.1) is 0 Å². The van der Waals surface area contributed by atoms with Crippen molar-refractivity contribution >= 4 is 5.97 Å². The topological polar surface area (TPSA) is 26.3 Å². The quantitative estimate of drug-likeness (QED) is 0.434. The predicted octanol–water partition coefficient (Wildman–Crippen LogP) is 1.94. The predicted molar refractivity (Wildman–Crippen MR) is 40.5 cm³/mol. The summed E-state index contributed by atoms with van der Waals surface area (Å²) in [5.41, 5.74) is 0. The van der Waals surface area contributed by atoms with Crippen LogP contribution in [0.3, 0.4) is 0 Å². The number of rotatable bonds is 5. The first kappa shape index (κ1) is 9.47. The van der Waals surface area contributed by atoms with Crippen molar-refractivity contribution in [3.8, 4) is 0 Å². The Balaban J connectivity index is 2.96. The van der Waals surface area contributed by atoms with Gasteiger partial charge in [0.1, 0.15) is 0 Å². The van der Waals surface area contributed by atoms with E-state index in [2.05, 4.69) is 11.7 Å². The molecule has 0 rings (SSSR count). The number of esters is 1. The van der Waals surface area contributed by atoms with Gasteiger partial charge in [0.05, 0.1) is 13.5 Å². The standard InChI is InChI=1S/C8H15O2/c1-3-4-5-6-7-8(9)10-2/h7H,3-6H2,1-2H3. The summed E-state index contributed by atoms with van der Waals surface area (Å²) in [4.78, 5) is 10.5. The average Bonchev–Trinajstić information content (AvgIpc) is 1.98. The van der Waals surface area contributed by atoms with E-state index in [1.165, 1.54) is 20.0 Å². The Bertz CT molecular complexity index is 89.3. The summed E-state index contributed by atoms with van der Waals surface area (Å²) in [6, 6.07) is 0. The summed E-state index contributed by atoms with van der Waals surface area (Å²) in [6.45, 7) is 2.14. The van der Waals surface area contributed by atoms with Crippen LogP contribution < -0.4 is 0 Å². The lowest BCUT2D eigenvalue weighted by Crippen LogP contribution is -1.99. The maximum atomic E-state index is 10.5. The molecule has 0 fully saturated rings. The number of hydrogen-bond donors (Lipinski definition) is 0. The van der Waals surface area contributed by atoms with Crippen LogP contribution in [-0.4, -0.2) is 13.1 Å². The van der Waals surface area contributed by atoms with E-state index in [0.717, 1.165) is 12.8 Å². The van der Waals surface area contributed by atoms with Gasteiger partial charge >= 0.3 is 5.97 Å². The van der Waals surface area contributed by atoms with Crippen LogP contribution in [0.5, 0.6) is 0 Å². The van der Waals surface area contributed by atoms with Gasteiger partial charge in [0.2, 0.25) is 0 Å². The fourth-order valence-corrected chi connectivity index (χ4v) is 0.698. The Kier molecular flexibility index (Phi) is 6.24. The number of hydrogen-bond acceptors (Lipinski definition) is 2. The van der Waals surface area contributed by atoms with Crippen LogP contribution >= 0.6 is 0 Å². The number of unbranched alkanes of at least 4 members (excludes halogenated alkanes) is 3. The molecule has 0 aliphatic rings. The molecule has 0 spiro atoms. The van der Waals surface area contributed by atoms with Gasteiger partial charge in [-0.1, -0.05) is 26.2 Å². The zero-order valence-electron chi connectivity index (χ0n) is 6.72. The molecule has 0 aromatic carbocycles. The second-order valence-electron chi connectivity index (χ2n) is 2.22. The number of methoxy groups -OCH3 is 1. The maximum absolute atomic E-state index is 10.5.